The molecule has 0 aliphatic rings. The summed E-state index contributed by atoms with van der Waals surface area (Å²) in [6.07, 6.45) is 58.5. The summed E-state index contributed by atoms with van der Waals surface area (Å²) in [5, 5.41) is 20.0. The minimum absolute atomic E-state index is 0.0363. The lowest BCUT2D eigenvalue weighted by molar-refractivity contribution is -0.384. The molecule has 0 radical (unpaired) electrons. The van der Waals surface area contributed by atoms with E-state index in [2.05, 4.69) is 97.8 Å². The number of nitrogens with zero attached hydrogens (tertiary/aromatic N) is 4. The average molecular weight is 1730 g/mol. The van der Waals surface area contributed by atoms with E-state index in [4.69, 9.17) is 37.9 Å². The van der Waals surface area contributed by atoms with Gasteiger partial charge in [-0.3, -0.25) is 34.2 Å². The number of hydrogen-bond acceptors (Lipinski definition) is 20. The predicted octanol–water partition coefficient (Wildman–Crippen LogP) is 27.4. The molecule has 5 atom stereocenters. The Morgan fingerprint density at radius 2 is 0.656 bits per heavy atom. The summed E-state index contributed by atoms with van der Waals surface area (Å²) in [6.45, 7) is 36.9. The van der Waals surface area contributed by atoms with Gasteiger partial charge in [0, 0.05) is 64.2 Å². The molecular weight excluding hydrogens is 1540 g/mol. The van der Waals surface area contributed by atoms with Crippen molar-refractivity contribution >= 4 is 41.9 Å². The SMILES string of the molecule is CCCCCCC(CCCC)COC(=O)CCCCCCCCC(CCCCCC)OC(=O)Oc1ccc([N+](=O)[O-])cc1.CCCCCCCOC(=O)CCC(CCO)CCN(CC)CC.CCCCCCCOC(=O)CCN(CCOC(=O)OC(CCCCCC)CCCCCCCCC(=O)OCC(CCCC)CCCCCC)CCN(CC)CC. The molecule has 0 aliphatic carbocycles. The van der Waals surface area contributed by atoms with Crippen molar-refractivity contribution in [3.63, 3.8) is 0 Å². The van der Waals surface area contributed by atoms with Crippen molar-refractivity contribution in [2.75, 3.05) is 98.5 Å². The number of aliphatic hydroxyl groups is 1. The van der Waals surface area contributed by atoms with Gasteiger partial charge in [0.15, 0.2) is 0 Å². The highest BCUT2D eigenvalue weighted by molar-refractivity contribution is 5.70. The van der Waals surface area contributed by atoms with Crippen molar-refractivity contribution < 1.29 is 76.7 Å². The van der Waals surface area contributed by atoms with Crippen molar-refractivity contribution in [1.29, 1.82) is 0 Å². The minimum Gasteiger partial charge on any atom is -0.466 e. The van der Waals surface area contributed by atoms with E-state index in [-0.39, 0.29) is 60.7 Å². The largest absolute Gasteiger partial charge is 0.514 e. The molecule has 0 heterocycles. The maximum absolute atomic E-state index is 12.8. The van der Waals surface area contributed by atoms with Gasteiger partial charge in [0.05, 0.1) is 37.8 Å². The first-order chi connectivity index (χ1) is 59.4. The lowest BCUT2D eigenvalue weighted by Gasteiger charge is -2.26. The van der Waals surface area contributed by atoms with Crippen LogP contribution in [0.3, 0.4) is 0 Å². The summed E-state index contributed by atoms with van der Waals surface area (Å²) in [4.78, 5) is 91.4. The highest BCUT2D eigenvalue weighted by Crippen LogP contribution is 2.26. The van der Waals surface area contributed by atoms with Crippen LogP contribution < -0.4 is 4.74 Å². The molecule has 1 N–H and O–H groups in total. The second kappa shape index (κ2) is 90.7. The number of non-ortho nitro benzene ring substituents is 1. The van der Waals surface area contributed by atoms with E-state index in [1.165, 1.54) is 166 Å². The van der Waals surface area contributed by atoms with Crippen molar-refractivity contribution in [1.82, 2.24) is 14.7 Å². The molecule has 0 fully saturated rings. The van der Waals surface area contributed by atoms with Gasteiger partial charge in [-0.05, 0) is 185 Å². The molecule has 122 heavy (non-hydrogen) atoms. The van der Waals surface area contributed by atoms with E-state index in [1.54, 1.807) is 0 Å². The van der Waals surface area contributed by atoms with Crippen LogP contribution in [0.15, 0.2) is 24.3 Å². The standard InChI is InChI=1S/C47H92N2O7.C35H59NO7.C19H39NO3/c1-7-13-17-24-29-40-53-46(51)35-36-49(38-37-48(11-5)12-6)39-41-54-47(52)56-44(32-26-19-15-9-3)33-27-22-20-21-23-28-34-45(50)55-42-43(30-16-10-4)31-25-18-14-8-2;1-4-7-10-16-21-30(20-9-6-3)29-41-34(37)24-19-15-13-12-14-18-23-32(22-17-11-8-5-2)42-35(38)43-33-27-25-31(26-28-33)36(39)40;1-4-7-8-9-10-17-23-19(22)12-11-18(14-16-21)13-15-20(5-2)6-3/h43-44H,7-42H2,1-6H3;25-28,30,32H,4-24,29H2,1-3H3;18,21H,4-17H2,1-3H3. The lowest BCUT2D eigenvalue weighted by atomic mass is 9.96. The number of benzene rings is 1. The number of hydrogen-bond donors (Lipinski definition) is 1. The fourth-order valence-electron chi connectivity index (χ4n) is 15.2. The molecule has 0 aromatic heterocycles. The topological polar surface area (TPSA) is 249 Å². The van der Waals surface area contributed by atoms with Crippen LogP contribution >= 0.6 is 0 Å². The third-order valence-corrected chi connectivity index (χ3v) is 23.6. The molecule has 0 saturated heterocycles. The highest BCUT2D eigenvalue weighted by atomic mass is 16.7. The molecule has 21 nitrogen and oxygen atoms in total. The Kier molecular flexibility index (Phi) is 88.4. The zero-order valence-electron chi connectivity index (χ0n) is 80.9. The highest BCUT2D eigenvalue weighted by Gasteiger charge is 2.22. The summed E-state index contributed by atoms with van der Waals surface area (Å²) in [5.41, 5.74) is -0.0612. The number of carbonyl (C=O) groups is 6. The first-order valence-electron chi connectivity index (χ1n) is 50.8. The maximum atomic E-state index is 12.8. The quantitative estimate of drug-likeness (QED) is 0.0159. The van der Waals surface area contributed by atoms with E-state index in [1.807, 2.05) is 0 Å². The number of likely N-dealkylation sites (N-methyl/N-ethyl adjacent to an activating group) is 1. The van der Waals surface area contributed by atoms with E-state index in [0.29, 0.717) is 83.0 Å². The van der Waals surface area contributed by atoms with Gasteiger partial charge in [0.2, 0.25) is 0 Å². The first-order valence-corrected chi connectivity index (χ1v) is 50.8. The van der Waals surface area contributed by atoms with Crippen LogP contribution in [0.5, 0.6) is 5.75 Å². The van der Waals surface area contributed by atoms with Gasteiger partial charge in [-0.15, -0.1) is 0 Å². The normalized spacial score (nSPS) is 12.5. The zero-order valence-corrected chi connectivity index (χ0v) is 80.9. The summed E-state index contributed by atoms with van der Waals surface area (Å²) in [5.74, 6) is 1.33. The summed E-state index contributed by atoms with van der Waals surface area (Å²) in [7, 11) is 0. The van der Waals surface area contributed by atoms with Crippen LogP contribution in [-0.4, -0.2) is 172 Å². The summed E-state index contributed by atoms with van der Waals surface area (Å²) >= 11 is 0. The average Bonchev–Trinajstić information content (AvgIpc) is 0.892. The van der Waals surface area contributed by atoms with Crippen molar-refractivity contribution in [3.8, 4) is 5.75 Å². The van der Waals surface area contributed by atoms with E-state index < -0.39 is 17.2 Å². The summed E-state index contributed by atoms with van der Waals surface area (Å²) in [6, 6.07) is 5.40. The zero-order chi connectivity index (χ0) is 90.2. The van der Waals surface area contributed by atoms with Gasteiger partial charge in [-0.25, -0.2) is 9.59 Å². The first kappa shape index (κ1) is 119. The molecule has 0 aliphatic heterocycles. The predicted molar refractivity (Wildman–Crippen MR) is 502 cm³/mol. The van der Waals surface area contributed by atoms with Crippen molar-refractivity contribution in [2.24, 2.45) is 17.8 Å². The van der Waals surface area contributed by atoms with Crippen LogP contribution in [-0.2, 0) is 52.3 Å². The molecular formula is C101H190N4O17. The maximum Gasteiger partial charge on any atom is 0.514 e. The third-order valence-electron chi connectivity index (χ3n) is 23.6. The van der Waals surface area contributed by atoms with Crippen LogP contribution in [0.2, 0.25) is 0 Å². The van der Waals surface area contributed by atoms with Crippen LogP contribution in [0, 0.1) is 27.9 Å². The Labute approximate surface area is 747 Å². The van der Waals surface area contributed by atoms with Gasteiger partial charge in [-0.2, -0.15) is 0 Å². The number of nitro groups is 1. The molecule has 1 rings (SSSR count). The number of aliphatic hydroxyl groups excluding tert-OH is 1. The summed E-state index contributed by atoms with van der Waals surface area (Å²) < 4.78 is 44.5. The van der Waals surface area contributed by atoms with Crippen molar-refractivity contribution in [2.45, 2.75) is 461 Å². The van der Waals surface area contributed by atoms with E-state index in [9.17, 15) is 44.0 Å². The van der Waals surface area contributed by atoms with Gasteiger partial charge >= 0.3 is 36.2 Å². The molecule has 0 saturated carbocycles. The second-order valence-electron chi connectivity index (χ2n) is 34.4. The Bertz CT molecular complexity index is 2510. The number of ether oxygens (including phenoxy) is 8. The Hall–Kier alpha value is -5.12. The van der Waals surface area contributed by atoms with Crippen LogP contribution in [0.1, 0.15) is 449 Å². The van der Waals surface area contributed by atoms with Crippen molar-refractivity contribution in [3.05, 3.63) is 34.4 Å². The van der Waals surface area contributed by atoms with Gasteiger partial charge < -0.3 is 52.8 Å². The second-order valence-corrected chi connectivity index (χ2v) is 34.4. The van der Waals surface area contributed by atoms with Gasteiger partial charge in [0.25, 0.3) is 5.69 Å². The molecule has 1 aromatic rings. The monoisotopic (exact) mass is 1730 g/mol. The Balaban J connectivity index is 0. The van der Waals surface area contributed by atoms with Crippen LogP contribution in [0.4, 0.5) is 15.3 Å². The van der Waals surface area contributed by atoms with E-state index in [0.717, 1.165) is 245 Å². The third kappa shape index (κ3) is 78.4. The molecule has 716 valence electrons. The fraction of sp³-hybridized carbons (Fsp3) is 0.881. The number of nitro benzene ring substituents is 1. The molecule has 1 aromatic carbocycles. The number of esters is 4. The molecule has 0 bridgehead atoms. The Morgan fingerprint density at radius 3 is 1.07 bits per heavy atom. The minimum atomic E-state index is -0.769. The lowest BCUT2D eigenvalue weighted by Crippen LogP contribution is -2.38. The number of carbonyl (C=O) groups excluding carboxylic acids is 6. The smallest absolute Gasteiger partial charge is 0.466 e. The van der Waals surface area contributed by atoms with E-state index >= 15 is 0 Å². The molecule has 21 heteroatoms. The molecule has 0 spiro atoms. The fourth-order valence-corrected chi connectivity index (χ4v) is 15.2. The Morgan fingerprint density at radius 1 is 0.311 bits per heavy atom. The number of unbranched alkanes of at least 4 members (excludes halogenated alkanes) is 32. The van der Waals surface area contributed by atoms with Gasteiger partial charge in [-0.1, -0.05) is 301 Å². The molecule has 0 amide bonds. The van der Waals surface area contributed by atoms with Crippen LogP contribution in [0.25, 0.3) is 0 Å². The molecule has 5 unspecified atom stereocenters. The van der Waals surface area contributed by atoms with Gasteiger partial charge in [0.1, 0.15) is 24.6 Å². The number of rotatable bonds is 85.